The number of aliphatic hydroxyl groups is 2. The third kappa shape index (κ3) is 6.84. The summed E-state index contributed by atoms with van der Waals surface area (Å²) in [5.41, 5.74) is 0.868. The van der Waals surface area contributed by atoms with Gasteiger partial charge >= 0.3 is 11.9 Å². The third-order valence-corrected chi connectivity index (χ3v) is 3.95. The smallest absolute Gasteiger partial charge is 0.303 e. The number of hydrogen-bond acceptors (Lipinski definition) is 9. The molecule has 9 heteroatoms. The van der Waals surface area contributed by atoms with E-state index in [0.29, 0.717) is 0 Å². The molecule has 0 saturated carbocycles. The molecule has 1 heterocycles. The van der Waals surface area contributed by atoms with Crippen molar-refractivity contribution in [2.24, 2.45) is 0 Å². The molecular weight excluding hydrogens is 372 g/mol. The van der Waals surface area contributed by atoms with Gasteiger partial charge in [0.15, 0.2) is 18.5 Å². The molecule has 2 rings (SSSR count). The second-order valence-electron chi connectivity index (χ2n) is 6.35. The monoisotopic (exact) mass is 398 g/mol. The number of aliphatic hydroxyl groups excluding tert-OH is 2. The Balaban J connectivity index is 2.17. The Morgan fingerprint density at radius 3 is 2.39 bits per heavy atom. The van der Waals surface area contributed by atoms with Crippen LogP contribution in [-0.2, 0) is 39.9 Å². The Hall–Kier alpha value is -2.04. The highest BCUT2D eigenvalue weighted by molar-refractivity contribution is 5.67. The Morgan fingerprint density at radius 1 is 1.11 bits per heavy atom. The fourth-order valence-electron chi connectivity index (χ4n) is 2.74. The lowest BCUT2D eigenvalue weighted by atomic mass is 10.0. The highest BCUT2D eigenvalue weighted by Gasteiger charge is 2.46. The summed E-state index contributed by atoms with van der Waals surface area (Å²) in [7, 11) is 0. The van der Waals surface area contributed by atoms with E-state index in [1.807, 2.05) is 30.3 Å². The maximum absolute atomic E-state index is 11.6. The van der Waals surface area contributed by atoms with E-state index in [1.54, 1.807) is 0 Å². The van der Waals surface area contributed by atoms with Crippen LogP contribution in [0, 0.1) is 0 Å². The number of hydrogen-bond donors (Lipinski definition) is 2. The summed E-state index contributed by atoms with van der Waals surface area (Å²) in [4.78, 5) is 23.0. The van der Waals surface area contributed by atoms with Gasteiger partial charge in [0.2, 0.25) is 0 Å². The number of rotatable bonds is 9. The minimum absolute atomic E-state index is 0.0807. The first-order chi connectivity index (χ1) is 13.4. The predicted octanol–water partition coefficient (Wildman–Crippen LogP) is 0.161. The molecule has 1 aromatic rings. The highest BCUT2D eigenvalue weighted by Crippen LogP contribution is 2.26. The van der Waals surface area contributed by atoms with Crippen LogP contribution in [0.2, 0.25) is 0 Å². The van der Waals surface area contributed by atoms with Gasteiger partial charge in [-0.25, -0.2) is 0 Å². The van der Waals surface area contributed by atoms with E-state index in [-0.39, 0.29) is 19.8 Å². The molecule has 0 aliphatic carbocycles. The van der Waals surface area contributed by atoms with Crippen LogP contribution in [0.4, 0.5) is 0 Å². The van der Waals surface area contributed by atoms with E-state index >= 15 is 0 Å². The van der Waals surface area contributed by atoms with Gasteiger partial charge < -0.3 is 33.9 Å². The van der Waals surface area contributed by atoms with Crippen LogP contribution in [0.1, 0.15) is 19.4 Å². The standard InChI is InChI=1S/C19H26O9/c1-12(21)27-16-11-26-19(25-10-15(23)8-20)18(17(16)28-13(2)22)24-9-14-6-4-3-5-7-14/h3-7,15-20,23H,8-11H2,1-2H3/t15-,16-,17+,18-,19+/m1/s1. The lowest BCUT2D eigenvalue weighted by molar-refractivity contribution is -0.292. The molecule has 1 aromatic carbocycles. The van der Waals surface area contributed by atoms with E-state index in [2.05, 4.69) is 0 Å². The molecule has 5 atom stereocenters. The summed E-state index contributed by atoms with van der Waals surface area (Å²) in [6.07, 6.45) is -4.86. The van der Waals surface area contributed by atoms with Crippen molar-refractivity contribution >= 4 is 11.9 Å². The Bertz CT molecular complexity index is 621. The Kier molecular flexibility index (Phi) is 8.81. The zero-order chi connectivity index (χ0) is 20.5. The van der Waals surface area contributed by atoms with Gasteiger partial charge in [-0.05, 0) is 5.56 Å². The molecule has 0 unspecified atom stereocenters. The first kappa shape index (κ1) is 22.3. The summed E-state index contributed by atoms with van der Waals surface area (Å²) in [6.45, 7) is 1.87. The lowest BCUT2D eigenvalue weighted by Gasteiger charge is -2.40. The average Bonchev–Trinajstić information content (AvgIpc) is 2.66. The average molecular weight is 398 g/mol. The maximum atomic E-state index is 11.6. The van der Waals surface area contributed by atoms with Gasteiger partial charge in [0.25, 0.3) is 0 Å². The van der Waals surface area contributed by atoms with Crippen molar-refractivity contribution in [2.75, 3.05) is 19.8 Å². The van der Waals surface area contributed by atoms with Crippen molar-refractivity contribution in [1.29, 1.82) is 0 Å². The van der Waals surface area contributed by atoms with Gasteiger partial charge in [-0.1, -0.05) is 30.3 Å². The Labute approximate surface area is 163 Å². The number of benzene rings is 1. The molecule has 0 aromatic heterocycles. The molecule has 1 fully saturated rings. The molecule has 0 spiro atoms. The second kappa shape index (κ2) is 11.1. The highest BCUT2D eigenvalue weighted by atomic mass is 16.7. The van der Waals surface area contributed by atoms with E-state index in [4.69, 9.17) is 28.8 Å². The minimum Gasteiger partial charge on any atom is -0.456 e. The first-order valence-electron chi connectivity index (χ1n) is 8.92. The van der Waals surface area contributed by atoms with Gasteiger partial charge in [0.1, 0.15) is 12.2 Å². The van der Waals surface area contributed by atoms with E-state index < -0.39 is 49.3 Å². The molecule has 28 heavy (non-hydrogen) atoms. The maximum Gasteiger partial charge on any atom is 0.303 e. The normalized spacial score (nSPS) is 25.7. The van der Waals surface area contributed by atoms with Gasteiger partial charge in [0, 0.05) is 13.8 Å². The van der Waals surface area contributed by atoms with Crippen molar-refractivity contribution in [2.45, 2.75) is 51.2 Å². The first-order valence-corrected chi connectivity index (χ1v) is 8.92. The fourth-order valence-corrected chi connectivity index (χ4v) is 2.74. The SMILES string of the molecule is CC(=O)O[C@@H]1[C@@H](OCc2ccccc2)[C@@H](OC[C@H](O)CO)OC[C@H]1OC(C)=O. The van der Waals surface area contributed by atoms with Crippen molar-refractivity contribution in [3.8, 4) is 0 Å². The van der Waals surface area contributed by atoms with Crippen molar-refractivity contribution in [1.82, 2.24) is 0 Å². The summed E-state index contributed by atoms with van der Waals surface area (Å²) in [5.74, 6) is -1.13. The quantitative estimate of drug-likeness (QED) is 0.560. The topological polar surface area (TPSA) is 121 Å². The molecule has 0 radical (unpaired) electrons. The molecule has 0 amide bonds. The zero-order valence-corrected chi connectivity index (χ0v) is 15.9. The molecule has 2 N–H and O–H groups in total. The largest absolute Gasteiger partial charge is 0.456 e. The summed E-state index contributed by atoms with van der Waals surface area (Å²) in [5, 5.41) is 18.5. The van der Waals surface area contributed by atoms with E-state index in [1.165, 1.54) is 13.8 Å². The zero-order valence-electron chi connectivity index (χ0n) is 15.9. The van der Waals surface area contributed by atoms with Gasteiger partial charge in [-0.3, -0.25) is 9.59 Å². The summed E-state index contributed by atoms with van der Waals surface area (Å²) in [6, 6.07) is 9.30. The number of esters is 2. The minimum atomic E-state index is -1.10. The molecule has 9 nitrogen and oxygen atoms in total. The fraction of sp³-hybridized carbons (Fsp3) is 0.579. The molecular formula is C19H26O9. The molecule has 1 aliphatic rings. The van der Waals surface area contributed by atoms with Crippen LogP contribution >= 0.6 is 0 Å². The van der Waals surface area contributed by atoms with Gasteiger partial charge in [0.05, 0.1) is 26.4 Å². The van der Waals surface area contributed by atoms with Crippen LogP contribution in [0.3, 0.4) is 0 Å². The van der Waals surface area contributed by atoms with Gasteiger partial charge in [-0.2, -0.15) is 0 Å². The summed E-state index contributed by atoms with van der Waals surface area (Å²) < 4.78 is 27.6. The van der Waals surface area contributed by atoms with Crippen LogP contribution in [-0.4, -0.2) is 72.7 Å². The van der Waals surface area contributed by atoms with Crippen LogP contribution in [0.15, 0.2) is 30.3 Å². The third-order valence-electron chi connectivity index (χ3n) is 3.95. The van der Waals surface area contributed by atoms with Crippen molar-refractivity contribution in [3.63, 3.8) is 0 Å². The lowest BCUT2D eigenvalue weighted by Crippen LogP contribution is -2.58. The molecule has 1 aliphatic heterocycles. The second-order valence-corrected chi connectivity index (χ2v) is 6.35. The number of carbonyl (C=O) groups is 2. The van der Waals surface area contributed by atoms with Crippen LogP contribution in [0.5, 0.6) is 0 Å². The van der Waals surface area contributed by atoms with E-state index in [9.17, 15) is 14.7 Å². The Morgan fingerprint density at radius 2 is 1.79 bits per heavy atom. The van der Waals surface area contributed by atoms with Crippen LogP contribution < -0.4 is 0 Å². The number of ether oxygens (including phenoxy) is 5. The van der Waals surface area contributed by atoms with Crippen LogP contribution in [0.25, 0.3) is 0 Å². The predicted molar refractivity (Wildman–Crippen MR) is 94.9 cm³/mol. The molecule has 0 bridgehead atoms. The number of carbonyl (C=O) groups excluding carboxylic acids is 2. The summed E-state index contributed by atoms with van der Waals surface area (Å²) >= 11 is 0. The molecule has 156 valence electrons. The molecule has 1 saturated heterocycles. The van der Waals surface area contributed by atoms with Gasteiger partial charge in [-0.15, -0.1) is 0 Å². The van der Waals surface area contributed by atoms with Crippen molar-refractivity contribution in [3.05, 3.63) is 35.9 Å². The van der Waals surface area contributed by atoms with E-state index in [0.717, 1.165) is 5.56 Å². The van der Waals surface area contributed by atoms with Crippen molar-refractivity contribution < 1.29 is 43.5 Å².